The molecule has 0 bridgehead atoms. The number of aryl methyl sites for hydroxylation is 1. The third-order valence-corrected chi connectivity index (χ3v) is 5.15. The van der Waals surface area contributed by atoms with Crippen molar-refractivity contribution in [2.45, 2.75) is 6.92 Å². The Morgan fingerprint density at radius 2 is 1.78 bits per heavy atom. The minimum absolute atomic E-state index is 0.179. The molecule has 0 amide bonds. The molecule has 3 aromatic rings. The van der Waals surface area contributed by atoms with Crippen molar-refractivity contribution in [1.82, 2.24) is 0 Å². The van der Waals surface area contributed by atoms with Gasteiger partial charge in [0, 0.05) is 5.56 Å². The summed E-state index contributed by atoms with van der Waals surface area (Å²) in [5.74, 6) is -0.637. The van der Waals surface area contributed by atoms with Crippen LogP contribution >= 0.6 is 22.7 Å². The van der Waals surface area contributed by atoms with Gasteiger partial charge < -0.3 is 4.74 Å². The molecule has 1 aromatic carbocycles. The van der Waals surface area contributed by atoms with E-state index in [1.165, 1.54) is 22.7 Å². The van der Waals surface area contributed by atoms with Gasteiger partial charge in [0.15, 0.2) is 6.61 Å². The molecule has 0 spiro atoms. The van der Waals surface area contributed by atoms with Gasteiger partial charge >= 0.3 is 5.97 Å². The smallest absolute Gasteiger partial charge is 0.349 e. The fraction of sp³-hybridized carbons (Fsp3) is 0.111. The molecule has 0 radical (unpaired) electrons. The number of hydrogen-bond acceptors (Lipinski definition) is 5. The SMILES string of the molecule is Cc1ccc(-c2ccsc2C(=O)OCC(=O)c2cccs2)cc1. The van der Waals surface area contributed by atoms with Gasteiger partial charge in [0.05, 0.1) is 4.88 Å². The molecule has 2 aromatic heterocycles. The highest BCUT2D eigenvalue weighted by Crippen LogP contribution is 2.29. The number of esters is 1. The van der Waals surface area contributed by atoms with Crippen LogP contribution < -0.4 is 0 Å². The topological polar surface area (TPSA) is 43.4 Å². The van der Waals surface area contributed by atoms with E-state index in [0.717, 1.165) is 16.7 Å². The summed E-state index contributed by atoms with van der Waals surface area (Å²) in [7, 11) is 0. The molecule has 3 nitrogen and oxygen atoms in total. The maximum atomic E-state index is 12.3. The van der Waals surface area contributed by atoms with E-state index in [9.17, 15) is 9.59 Å². The van der Waals surface area contributed by atoms with Crippen LogP contribution in [0.4, 0.5) is 0 Å². The molecule has 0 unspecified atom stereocenters. The molecule has 0 aliphatic carbocycles. The molecule has 0 aliphatic heterocycles. The van der Waals surface area contributed by atoms with E-state index in [1.807, 2.05) is 48.0 Å². The zero-order valence-electron chi connectivity index (χ0n) is 12.4. The molecular weight excluding hydrogens is 328 g/mol. The highest BCUT2D eigenvalue weighted by Gasteiger charge is 2.18. The molecule has 0 fully saturated rings. The second kappa shape index (κ2) is 6.89. The van der Waals surface area contributed by atoms with Gasteiger partial charge in [-0.3, -0.25) is 4.79 Å². The second-order valence-electron chi connectivity index (χ2n) is 5.01. The standard InChI is InChI=1S/C18H14O3S2/c1-12-4-6-13(7-5-12)14-8-10-23-17(14)18(20)21-11-15(19)16-3-2-9-22-16/h2-10H,11H2,1H3. The predicted molar refractivity (Wildman–Crippen MR) is 93.4 cm³/mol. The summed E-state index contributed by atoms with van der Waals surface area (Å²) in [5, 5.41) is 3.68. The zero-order valence-corrected chi connectivity index (χ0v) is 14.1. The molecule has 3 rings (SSSR count). The number of ketones is 1. The Labute approximate surface area is 142 Å². The van der Waals surface area contributed by atoms with Crippen LogP contribution in [0.25, 0.3) is 11.1 Å². The molecule has 0 N–H and O–H groups in total. The van der Waals surface area contributed by atoms with Crippen molar-refractivity contribution in [2.75, 3.05) is 6.61 Å². The minimum Gasteiger partial charge on any atom is -0.453 e. The molecule has 23 heavy (non-hydrogen) atoms. The molecule has 116 valence electrons. The van der Waals surface area contributed by atoms with Crippen LogP contribution in [0.15, 0.2) is 53.2 Å². The quantitative estimate of drug-likeness (QED) is 0.493. The lowest BCUT2D eigenvalue weighted by Gasteiger charge is -2.05. The van der Waals surface area contributed by atoms with E-state index in [0.29, 0.717) is 9.75 Å². The van der Waals surface area contributed by atoms with Crippen molar-refractivity contribution in [3.05, 3.63) is 68.5 Å². The molecule has 0 aliphatic rings. The normalized spacial score (nSPS) is 10.5. The van der Waals surface area contributed by atoms with Crippen molar-refractivity contribution in [1.29, 1.82) is 0 Å². The summed E-state index contributed by atoms with van der Waals surface area (Å²) in [6.45, 7) is 1.79. The highest BCUT2D eigenvalue weighted by atomic mass is 32.1. The van der Waals surface area contributed by atoms with Crippen molar-refractivity contribution < 1.29 is 14.3 Å². The van der Waals surface area contributed by atoms with Crippen LogP contribution in [0.5, 0.6) is 0 Å². The van der Waals surface area contributed by atoms with Crippen molar-refractivity contribution in [3.8, 4) is 11.1 Å². The summed E-state index contributed by atoms with van der Waals surface area (Å²) in [6.07, 6.45) is 0. The van der Waals surface area contributed by atoms with Crippen LogP contribution in [0.3, 0.4) is 0 Å². The highest BCUT2D eigenvalue weighted by molar-refractivity contribution is 7.12. The molecule has 5 heteroatoms. The Morgan fingerprint density at radius 1 is 1.00 bits per heavy atom. The zero-order chi connectivity index (χ0) is 16.2. The summed E-state index contributed by atoms with van der Waals surface area (Å²) >= 11 is 2.67. The Morgan fingerprint density at radius 3 is 2.48 bits per heavy atom. The first-order valence-corrected chi connectivity index (χ1v) is 8.79. The van der Waals surface area contributed by atoms with Gasteiger partial charge in [-0.05, 0) is 35.4 Å². The van der Waals surface area contributed by atoms with E-state index < -0.39 is 5.97 Å². The summed E-state index contributed by atoms with van der Waals surface area (Å²) in [5.41, 5.74) is 2.96. The van der Waals surface area contributed by atoms with Crippen LogP contribution in [0, 0.1) is 6.92 Å². The number of carbonyl (C=O) groups excluding carboxylic acids is 2. The van der Waals surface area contributed by atoms with E-state index >= 15 is 0 Å². The number of rotatable bonds is 5. The van der Waals surface area contributed by atoms with Gasteiger partial charge in [-0.25, -0.2) is 4.79 Å². The van der Waals surface area contributed by atoms with Crippen LogP contribution in [0.1, 0.15) is 24.9 Å². The molecular formula is C18H14O3S2. The fourth-order valence-corrected chi connectivity index (χ4v) is 3.59. The number of carbonyl (C=O) groups is 2. The minimum atomic E-state index is -0.458. The van der Waals surface area contributed by atoms with E-state index in [1.54, 1.807) is 12.1 Å². The largest absolute Gasteiger partial charge is 0.453 e. The van der Waals surface area contributed by atoms with Crippen LogP contribution in [-0.2, 0) is 4.74 Å². The van der Waals surface area contributed by atoms with E-state index in [2.05, 4.69) is 0 Å². The van der Waals surface area contributed by atoms with Gasteiger partial charge in [0.2, 0.25) is 5.78 Å². The fourth-order valence-electron chi connectivity index (χ4n) is 2.13. The maximum absolute atomic E-state index is 12.3. The molecule has 0 saturated heterocycles. The second-order valence-corrected chi connectivity index (χ2v) is 6.87. The lowest BCUT2D eigenvalue weighted by atomic mass is 10.1. The third kappa shape index (κ3) is 3.57. The van der Waals surface area contributed by atoms with Crippen molar-refractivity contribution in [3.63, 3.8) is 0 Å². The van der Waals surface area contributed by atoms with Crippen molar-refractivity contribution in [2.24, 2.45) is 0 Å². The van der Waals surface area contributed by atoms with Gasteiger partial charge in [-0.15, -0.1) is 22.7 Å². The summed E-state index contributed by atoms with van der Waals surface area (Å²) in [6, 6.07) is 13.4. The Bertz CT molecular complexity index is 814. The Kier molecular flexibility index (Phi) is 4.69. The van der Waals surface area contributed by atoms with Gasteiger partial charge in [-0.1, -0.05) is 35.9 Å². The summed E-state index contributed by atoms with van der Waals surface area (Å²) < 4.78 is 5.19. The Hall–Kier alpha value is -2.24. The lowest BCUT2D eigenvalue weighted by molar-refractivity contribution is 0.0481. The number of benzene rings is 1. The average molecular weight is 342 g/mol. The number of ether oxygens (including phenoxy) is 1. The first-order chi connectivity index (χ1) is 11.1. The monoisotopic (exact) mass is 342 g/mol. The lowest BCUT2D eigenvalue weighted by Crippen LogP contribution is -2.13. The first-order valence-electron chi connectivity index (χ1n) is 7.03. The predicted octanol–water partition coefficient (Wildman–Crippen LogP) is 4.82. The van der Waals surface area contributed by atoms with Gasteiger partial charge in [0.25, 0.3) is 0 Å². The molecule has 0 saturated carbocycles. The van der Waals surface area contributed by atoms with Gasteiger partial charge in [0.1, 0.15) is 4.88 Å². The average Bonchev–Trinajstić information content (AvgIpc) is 3.24. The van der Waals surface area contributed by atoms with Crippen LogP contribution in [-0.4, -0.2) is 18.4 Å². The number of Topliss-reactive ketones (excluding diaryl/α,β-unsaturated/α-hetero) is 1. The van der Waals surface area contributed by atoms with Crippen molar-refractivity contribution >= 4 is 34.4 Å². The Balaban J connectivity index is 1.72. The number of hydrogen-bond donors (Lipinski definition) is 0. The summed E-state index contributed by atoms with van der Waals surface area (Å²) in [4.78, 5) is 25.3. The van der Waals surface area contributed by atoms with Crippen LogP contribution in [0.2, 0.25) is 0 Å². The number of thiophene rings is 2. The van der Waals surface area contributed by atoms with Gasteiger partial charge in [-0.2, -0.15) is 0 Å². The van der Waals surface area contributed by atoms with E-state index in [4.69, 9.17) is 4.74 Å². The maximum Gasteiger partial charge on any atom is 0.349 e. The molecule has 0 atom stereocenters. The van der Waals surface area contributed by atoms with E-state index in [-0.39, 0.29) is 12.4 Å². The molecule has 2 heterocycles. The third-order valence-electron chi connectivity index (χ3n) is 3.34. The first kappa shape index (κ1) is 15.6.